The standard InChI is InChI=1S/C24H25ClN6O6/c25-17-5-3-16(4-6-17)12-30-21(28-22(34)31(23(30)35)13-24(36,14-32)15-33)27-18-7-9-19(10-8-18)37-20-2-1-11-26-29-20/h1-11,21,27,32-33,36H,12-15H2,(H,28,34). The van der Waals surface area contributed by atoms with Crippen LogP contribution in [0.25, 0.3) is 0 Å². The van der Waals surface area contributed by atoms with Crippen LogP contribution >= 0.6 is 11.6 Å². The minimum absolute atomic E-state index is 0.0784. The SMILES string of the molecule is O=C1NC(Nc2ccc(Oc3cccnn3)cc2)N(Cc2ccc(Cl)cc2)C(=O)N1CC(O)(CO)CO. The number of amides is 4. The summed E-state index contributed by atoms with van der Waals surface area (Å²) < 4.78 is 5.63. The van der Waals surface area contributed by atoms with Gasteiger partial charge in [0.15, 0.2) is 6.29 Å². The van der Waals surface area contributed by atoms with Gasteiger partial charge in [-0.1, -0.05) is 23.7 Å². The number of rotatable bonds is 10. The molecule has 1 atom stereocenters. The molecule has 1 aromatic heterocycles. The van der Waals surface area contributed by atoms with Crippen LogP contribution in [0.15, 0.2) is 66.9 Å². The maximum absolute atomic E-state index is 13.4. The molecule has 0 bridgehead atoms. The van der Waals surface area contributed by atoms with Gasteiger partial charge in [0.2, 0.25) is 5.88 Å². The van der Waals surface area contributed by atoms with Gasteiger partial charge in [0.1, 0.15) is 11.4 Å². The molecule has 0 spiro atoms. The summed E-state index contributed by atoms with van der Waals surface area (Å²) in [5.74, 6) is 0.833. The Morgan fingerprint density at radius 3 is 2.38 bits per heavy atom. The maximum atomic E-state index is 13.4. The largest absolute Gasteiger partial charge is 0.438 e. The van der Waals surface area contributed by atoms with E-state index in [4.69, 9.17) is 16.3 Å². The number of β-amino-alcohol motifs (C(OH)–C–C–N with tert-alkyl or cyclic N) is 1. The van der Waals surface area contributed by atoms with Crippen molar-refractivity contribution in [2.75, 3.05) is 25.1 Å². The maximum Gasteiger partial charge on any atom is 0.331 e. The van der Waals surface area contributed by atoms with Crippen molar-refractivity contribution in [2.24, 2.45) is 0 Å². The predicted octanol–water partition coefficient (Wildman–Crippen LogP) is 1.98. The lowest BCUT2D eigenvalue weighted by Gasteiger charge is -2.43. The van der Waals surface area contributed by atoms with Gasteiger partial charge in [-0.25, -0.2) is 14.5 Å². The van der Waals surface area contributed by atoms with E-state index in [9.17, 15) is 24.9 Å². The highest BCUT2D eigenvalue weighted by atomic mass is 35.5. The summed E-state index contributed by atoms with van der Waals surface area (Å²) in [5.41, 5.74) is -0.757. The van der Waals surface area contributed by atoms with E-state index in [1.54, 1.807) is 60.7 Å². The van der Waals surface area contributed by atoms with Crippen molar-refractivity contribution in [1.82, 2.24) is 25.3 Å². The Bertz CT molecular complexity index is 1210. The zero-order valence-corrected chi connectivity index (χ0v) is 20.2. The first-order valence-corrected chi connectivity index (χ1v) is 11.6. The second-order valence-electron chi connectivity index (χ2n) is 8.35. The molecule has 4 amide bonds. The van der Waals surface area contributed by atoms with E-state index in [1.165, 1.54) is 11.1 Å². The number of hydrogen-bond donors (Lipinski definition) is 5. The molecule has 0 saturated carbocycles. The summed E-state index contributed by atoms with van der Waals surface area (Å²) in [4.78, 5) is 28.3. The van der Waals surface area contributed by atoms with Gasteiger partial charge in [-0.05, 0) is 48.0 Å². The summed E-state index contributed by atoms with van der Waals surface area (Å²) in [7, 11) is 0. The first-order valence-electron chi connectivity index (χ1n) is 11.2. The Hall–Kier alpha value is -3.97. The number of aromatic nitrogens is 2. The molecule has 2 aromatic carbocycles. The van der Waals surface area contributed by atoms with Crippen LogP contribution in [0.3, 0.4) is 0 Å². The van der Waals surface area contributed by atoms with Crippen molar-refractivity contribution in [3.63, 3.8) is 0 Å². The second-order valence-corrected chi connectivity index (χ2v) is 8.78. The summed E-state index contributed by atoms with van der Waals surface area (Å²) in [6.07, 6.45) is 0.570. The molecule has 3 aromatic rings. The van der Waals surface area contributed by atoms with Crippen LogP contribution in [0, 0.1) is 0 Å². The molecule has 0 aliphatic carbocycles. The fraction of sp³-hybridized carbons (Fsp3) is 0.250. The minimum Gasteiger partial charge on any atom is -0.438 e. The molecule has 1 unspecified atom stereocenters. The van der Waals surface area contributed by atoms with Gasteiger partial charge < -0.3 is 25.4 Å². The van der Waals surface area contributed by atoms with Crippen molar-refractivity contribution in [3.8, 4) is 11.6 Å². The highest BCUT2D eigenvalue weighted by Gasteiger charge is 2.42. The number of aliphatic hydroxyl groups excluding tert-OH is 2. The Morgan fingerprint density at radius 1 is 1.05 bits per heavy atom. The zero-order chi connectivity index (χ0) is 26.4. The van der Waals surface area contributed by atoms with Crippen molar-refractivity contribution < 1.29 is 29.6 Å². The van der Waals surface area contributed by atoms with Crippen LogP contribution in [0.4, 0.5) is 15.3 Å². The second kappa shape index (κ2) is 11.4. The molecule has 194 valence electrons. The van der Waals surface area contributed by atoms with E-state index >= 15 is 0 Å². The quantitative estimate of drug-likeness (QED) is 0.265. The Balaban J connectivity index is 1.54. The summed E-state index contributed by atoms with van der Waals surface area (Å²) >= 11 is 5.98. The van der Waals surface area contributed by atoms with E-state index in [2.05, 4.69) is 20.8 Å². The molecule has 12 nitrogen and oxygen atoms in total. The van der Waals surface area contributed by atoms with Crippen LogP contribution in [0.2, 0.25) is 5.02 Å². The molecule has 13 heteroatoms. The number of anilines is 1. The van der Waals surface area contributed by atoms with Gasteiger partial charge in [-0.3, -0.25) is 10.2 Å². The topological polar surface area (TPSA) is 160 Å². The molecule has 1 fully saturated rings. The van der Waals surface area contributed by atoms with E-state index < -0.39 is 43.7 Å². The molecule has 5 N–H and O–H groups in total. The number of halogens is 1. The summed E-state index contributed by atoms with van der Waals surface area (Å²) in [6, 6.07) is 15.4. The molecule has 37 heavy (non-hydrogen) atoms. The Morgan fingerprint density at radius 2 is 1.76 bits per heavy atom. The molecule has 0 radical (unpaired) electrons. The summed E-state index contributed by atoms with van der Waals surface area (Å²) in [5, 5.41) is 43.1. The fourth-order valence-electron chi connectivity index (χ4n) is 3.51. The monoisotopic (exact) mass is 528 g/mol. The molecule has 1 aliphatic rings. The molecular formula is C24H25ClN6O6. The lowest BCUT2D eigenvalue weighted by atomic mass is 10.1. The highest BCUT2D eigenvalue weighted by Crippen LogP contribution is 2.24. The number of carbonyl (C=O) groups is 2. The first-order chi connectivity index (χ1) is 17.8. The average Bonchev–Trinajstić information content (AvgIpc) is 2.91. The van der Waals surface area contributed by atoms with Crippen molar-refractivity contribution in [2.45, 2.75) is 18.4 Å². The van der Waals surface area contributed by atoms with Crippen LogP contribution in [-0.4, -0.2) is 79.0 Å². The number of ether oxygens (including phenoxy) is 1. The third kappa shape index (κ3) is 6.43. The van der Waals surface area contributed by atoms with E-state index in [0.29, 0.717) is 22.3 Å². The molecule has 2 heterocycles. The number of nitrogens with one attached hydrogen (secondary N) is 2. The van der Waals surface area contributed by atoms with Crippen LogP contribution in [0.1, 0.15) is 5.56 Å². The normalized spacial score (nSPS) is 15.9. The average molecular weight is 529 g/mol. The number of benzene rings is 2. The van der Waals surface area contributed by atoms with Gasteiger partial charge in [-0.15, -0.1) is 5.10 Å². The van der Waals surface area contributed by atoms with Crippen molar-refractivity contribution in [1.29, 1.82) is 0 Å². The van der Waals surface area contributed by atoms with Crippen LogP contribution < -0.4 is 15.4 Å². The van der Waals surface area contributed by atoms with Gasteiger partial charge in [0, 0.05) is 23.0 Å². The minimum atomic E-state index is -2.06. The van der Waals surface area contributed by atoms with Gasteiger partial charge in [-0.2, -0.15) is 5.10 Å². The molecular weight excluding hydrogens is 504 g/mol. The van der Waals surface area contributed by atoms with Crippen LogP contribution in [-0.2, 0) is 6.54 Å². The lowest BCUT2D eigenvalue weighted by molar-refractivity contribution is -0.0669. The number of urea groups is 2. The zero-order valence-electron chi connectivity index (χ0n) is 19.5. The molecule has 1 aliphatic heterocycles. The lowest BCUT2D eigenvalue weighted by Crippen LogP contribution is -2.69. The highest BCUT2D eigenvalue weighted by molar-refractivity contribution is 6.30. The first kappa shape index (κ1) is 26.1. The third-order valence-electron chi connectivity index (χ3n) is 5.53. The molecule has 1 saturated heterocycles. The number of carbonyl (C=O) groups excluding carboxylic acids is 2. The Kier molecular flexibility index (Phi) is 8.04. The number of hydrogen-bond acceptors (Lipinski definition) is 9. The van der Waals surface area contributed by atoms with Crippen molar-refractivity contribution in [3.05, 3.63) is 77.4 Å². The summed E-state index contributed by atoms with van der Waals surface area (Å²) in [6.45, 7) is -2.22. The van der Waals surface area contributed by atoms with E-state index in [-0.39, 0.29) is 6.54 Å². The Labute approximate surface area is 217 Å². The van der Waals surface area contributed by atoms with Crippen molar-refractivity contribution >= 4 is 29.4 Å². The number of imide groups is 1. The fourth-order valence-corrected chi connectivity index (χ4v) is 3.63. The smallest absolute Gasteiger partial charge is 0.331 e. The van der Waals surface area contributed by atoms with Gasteiger partial charge >= 0.3 is 12.1 Å². The predicted molar refractivity (Wildman–Crippen MR) is 133 cm³/mol. The van der Waals surface area contributed by atoms with E-state index in [0.717, 1.165) is 10.5 Å². The molecule has 4 rings (SSSR count). The van der Waals surface area contributed by atoms with Gasteiger partial charge in [0.25, 0.3) is 0 Å². The van der Waals surface area contributed by atoms with Crippen LogP contribution in [0.5, 0.6) is 11.6 Å². The number of nitrogens with zero attached hydrogens (tertiary/aromatic N) is 4. The van der Waals surface area contributed by atoms with Gasteiger partial charge in [0.05, 0.1) is 26.3 Å². The van der Waals surface area contributed by atoms with E-state index in [1.807, 2.05) is 0 Å². The third-order valence-corrected chi connectivity index (χ3v) is 5.78. The number of aliphatic hydroxyl groups is 3.